The molecule has 2 aromatic heterocycles. The number of nitrogens with one attached hydrogen (secondary N) is 1. The standard InChI is InChI=1S/C21H23N3O2S/c1-12(2)14-7-4-6-13(3)19(14)23-17(25)10-24-11-22-20-18(21(24)26)15-8-5-9-16(15)27-20/h4,6-7,11-12H,5,8-10H2,1-3H3,(H,23,25). The average molecular weight is 382 g/mol. The van der Waals surface area contributed by atoms with Crippen LogP contribution >= 0.6 is 11.3 Å². The Morgan fingerprint density at radius 3 is 2.93 bits per heavy atom. The second kappa shape index (κ2) is 6.93. The van der Waals surface area contributed by atoms with Crippen molar-refractivity contribution in [2.24, 2.45) is 0 Å². The summed E-state index contributed by atoms with van der Waals surface area (Å²) in [5.74, 6) is 0.0932. The number of para-hydroxylation sites is 1. The second-order valence-corrected chi connectivity index (χ2v) is 8.54. The van der Waals surface area contributed by atoms with Crippen LogP contribution in [0.2, 0.25) is 0 Å². The minimum Gasteiger partial charge on any atom is -0.324 e. The Bertz CT molecular complexity index is 1090. The van der Waals surface area contributed by atoms with Crippen molar-refractivity contribution in [2.45, 2.75) is 52.5 Å². The van der Waals surface area contributed by atoms with E-state index in [1.54, 1.807) is 11.3 Å². The van der Waals surface area contributed by atoms with Gasteiger partial charge in [-0.05, 0) is 48.8 Å². The molecule has 0 saturated carbocycles. The van der Waals surface area contributed by atoms with Crippen LogP contribution < -0.4 is 10.9 Å². The Hall–Kier alpha value is -2.47. The van der Waals surface area contributed by atoms with Crippen LogP contribution in [0.25, 0.3) is 10.2 Å². The van der Waals surface area contributed by atoms with Crippen molar-refractivity contribution in [1.82, 2.24) is 9.55 Å². The van der Waals surface area contributed by atoms with Gasteiger partial charge in [-0.2, -0.15) is 0 Å². The summed E-state index contributed by atoms with van der Waals surface area (Å²) in [5.41, 5.74) is 3.99. The number of aryl methyl sites for hydroxylation is 3. The number of benzene rings is 1. The monoisotopic (exact) mass is 381 g/mol. The lowest BCUT2D eigenvalue weighted by Crippen LogP contribution is -2.28. The van der Waals surface area contributed by atoms with Crippen LogP contribution in [0, 0.1) is 6.92 Å². The number of hydrogen-bond donors (Lipinski definition) is 1. The van der Waals surface area contributed by atoms with Crippen LogP contribution in [-0.2, 0) is 24.2 Å². The SMILES string of the molecule is Cc1cccc(C(C)C)c1NC(=O)Cn1cnc2sc3c(c2c1=O)CCC3. The predicted molar refractivity (Wildman–Crippen MR) is 110 cm³/mol. The summed E-state index contributed by atoms with van der Waals surface area (Å²) < 4.78 is 1.43. The molecule has 0 saturated heterocycles. The minimum atomic E-state index is -0.207. The highest BCUT2D eigenvalue weighted by molar-refractivity contribution is 7.18. The van der Waals surface area contributed by atoms with Crippen molar-refractivity contribution >= 4 is 33.1 Å². The highest BCUT2D eigenvalue weighted by Gasteiger charge is 2.22. The second-order valence-electron chi connectivity index (χ2n) is 7.46. The molecule has 140 valence electrons. The molecule has 6 heteroatoms. The largest absolute Gasteiger partial charge is 0.324 e. The van der Waals surface area contributed by atoms with Gasteiger partial charge in [-0.3, -0.25) is 14.2 Å². The topological polar surface area (TPSA) is 64.0 Å². The first-order valence-electron chi connectivity index (χ1n) is 9.34. The third kappa shape index (κ3) is 3.18. The number of carbonyl (C=O) groups excluding carboxylic acids is 1. The molecular formula is C21H23N3O2S. The molecular weight excluding hydrogens is 358 g/mol. The number of amides is 1. The van der Waals surface area contributed by atoms with E-state index in [0.29, 0.717) is 11.3 Å². The zero-order valence-corrected chi connectivity index (χ0v) is 16.7. The number of carbonyl (C=O) groups is 1. The molecule has 0 fully saturated rings. The van der Waals surface area contributed by atoms with Gasteiger partial charge in [0.1, 0.15) is 11.4 Å². The zero-order chi connectivity index (χ0) is 19.1. The molecule has 27 heavy (non-hydrogen) atoms. The number of fused-ring (bicyclic) bond motifs is 3. The molecule has 4 rings (SSSR count). The molecule has 1 aromatic carbocycles. The number of hydrogen-bond acceptors (Lipinski definition) is 4. The zero-order valence-electron chi connectivity index (χ0n) is 15.8. The number of anilines is 1. The van der Waals surface area contributed by atoms with Gasteiger partial charge in [0, 0.05) is 10.6 Å². The van der Waals surface area contributed by atoms with Crippen molar-refractivity contribution < 1.29 is 4.79 Å². The smallest absolute Gasteiger partial charge is 0.262 e. The highest BCUT2D eigenvalue weighted by Crippen LogP contribution is 2.34. The van der Waals surface area contributed by atoms with Crippen LogP contribution in [0.15, 0.2) is 29.3 Å². The van der Waals surface area contributed by atoms with Gasteiger partial charge in [0.25, 0.3) is 5.56 Å². The first-order valence-corrected chi connectivity index (χ1v) is 10.2. The van der Waals surface area contributed by atoms with E-state index >= 15 is 0 Å². The third-order valence-electron chi connectivity index (χ3n) is 5.20. The minimum absolute atomic E-state index is 0.0295. The Kier molecular flexibility index (Phi) is 4.60. The van der Waals surface area contributed by atoms with Crippen LogP contribution in [0.4, 0.5) is 5.69 Å². The summed E-state index contributed by atoms with van der Waals surface area (Å²) in [6.45, 7) is 6.15. The number of nitrogens with zero attached hydrogens (tertiary/aromatic N) is 2. The van der Waals surface area contributed by atoms with Crippen LogP contribution in [0.1, 0.15) is 47.8 Å². The van der Waals surface area contributed by atoms with E-state index in [1.807, 2.05) is 25.1 Å². The van der Waals surface area contributed by atoms with Crippen LogP contribution in [0.3, 0.4) is 0 Å². The molecule has 0 unspecified atom stereocenters. The molecule has 1 aliphatic rings. The van der Waals surface area contributed by atoms with Crippen molar-refractivity contribution in [1.29, 1.82) is 0 Å². The van der Waals surface area contributed by atoms with E-state index < -0.39 is 0 Å². The fourth-order valence-electron chi connectivity index (χ4n) is 3.81. The average Bonchev–Trinajstić information content (AvgIpc) is 3.20. The summed E-state index contributed by atoms with van der Waals surface area (Å²) in [7, 11) is 0. The Morgan fingerprint density at radius 2 is 2.15 bits per heavy atom. The Morgan fingerprint density at radius 1 is 1.33 bits per heavy atom. The molecule has 5 nitrogen and oxygen atoms in total. The highest BCUT2D eigenvalue weighted by atomic mass is 32.1. The maximum Gasteiger partial charge on any atom is 0.262 e. The Labute approximate surface area is 162 Å². The molecule has 0 bridgehead atoms. The summed E-state index contributed by atoms with van der Waals surface area (Å²) in [4.78, 5) is 32.1. The van der Waals surface area contributed by atoms with Gasteiger partial charge in [0.2, 0.25) is 5.91 Å². The van der Waals surface area contributed by atoms with Gasteiger partial charge in [-0.1, -0.05) is 32.0 Å². The molecule has 0 aliphatic heterocycles. The molecule has 0 radical (unpaired) electrons. The fraction of sp³-hybridized carbons (Fsp3) is 0.381. The number of aromatic nitrogens is 2. The summed E-state index contributed by atoms with van der Waals surface area (Å²) >= 11 is 1.61. The van der Waals surface area contributed by atoms with Crippen LogP contribution in [0.5, 0.6) is 0 Å². The maximum absolute atomic E-state index is 12.9. The van der Waals surface area contributed by atoms with E-state index in [4.69, 9.17) is 0 Å². The first-order chi connectivity index (χ1) is 13.0. The molecule has 0 spiro atoms. The summed E-state index contributed by atoms with van der Waals surface area (Å²) in [5, 5.41) is 3.72. The van der Waals surface area contributed by atoms with E-state index in [1.165, 1.54) is 15.8 Å². The van der Waals surface area contributed by atoms with Gasteiger partial charge in [-0.25, -0.2) is 4.98 Å². The van der Waals surface area contributed by atoms with Gasteiger partial charge >= 0.3 is 0 Å². The molecule has 2 heterocycles. The van der Waals surface area contributed by atoms with Crippen molar-refractivity contribution in [3.63, 3.8) is 0 Å². The van der Waals surface area contributed by atoms with Crippen molar-refractivity contribution in [2.75, 3.05) is 5.32 Å². The van der Waals surface area contributed by atoms with Crippen LogP contribution in [-0.4, -0.2) is 15.5 Å². The van der Waals surface area contributed by atoms with E-state index in [-0.39, 0.29) is 18.0 Å². The van der Waals surface area contributed by atoms with Crippen molar-refractivity contribution in [3.8, 4) is 0 Å². The molecule has 1 aliphatic carbocycles. The fourth-order valence-corrected chi connectivity index (χ4v) is 5.03. The normalized spacial score (nSPS) is 13.3. The van der Waals surface area contributed by atoms with Crippen molar-refractivity contribution in [3.05, 3.63) is 56.4 Å². The summed E-state index contributed by atoms with van der Waals surface area (Å²) in [6, 6.07) is 6.01. The third-order valence-corrected chi connectivity index (χ3v) is 6.40. The molecule has 1 amide bonds. The lowest BCUT2D eigenvalue weighted by Gasteiger charge is -2.16. The van der Waals surface area contributed by atoms with E-state index in [2.05, 4.69) is 24.1 Å². The van der Waals surface area contributed by atoms with E-state index in [9.17, 15) is 9.59 Å². The number of rotatable bonds is 4. The number of thiophene rings is 1. The molecule has 0 atom stereocenters. The summed E-state index contributed by atoms with van der Waals surface area (Å²) in [6.07, 6.45) is 4.55. The quantitative estimate of drug-likeness (QED) is 0.742. The van der Waals surface area contributed by atoms with Gasteiger partial charge in [0.05, 0.1) is 11.7 Å². The molecule has 1 N–H and O–H groups in total. The molecule has 3 aromatic rings. The predicted octanol–water partition coefficient (Wildman–Crippen LogP) is 4.02. The maximum atomic E-state index is 12.9. The lowest BCUT2D eigenvalue weighted by molar-refractivity contribution is -0.116. The van der Waals surface area contributed by atoms with E-state index in [0.717, 1.165) is 46.5 Å². The van der Waals surface area contributed by atoms with Gasteiger partial charge in [0.15, 0.2) is 0 Å². The first kappa shape index (κ1) is 17.9. The lowest BCUT2D eigenvalue weighted by atomic mass is 9.98. The van der Waals surface area contributed by atoms with Gasteiger partial charge in [-0.15, -0.1) is 11.3 Å². The van der Waals surface area contributed by atoms with Gasteiger partial charge < -0.3 is 5.32 Å². The Balaban J connectivity index is 1.63.